The standard InChI is InChI=1S/C14H26N2O3S/c1-4-14(12(17)18)6-8-16(9-7-14)13(19)15-11(2)5-10-20-3/h11H,4-10H2,1-3H3,(H,15,19)(H,17,18). The van der Waals surface area contributed by atoms with E-state index in [-0.39, 0.29) is 12.1 Å². The third-order valence-corrected chi connectivity index (χ3v) is 4.91. The van der Waals surface area contributed by atoms with Crippen molar-refractivity contribution < 1.29 is 14.7 Å². The molecule has 2 N–H and O–H groups in total. The Hall–Kier alpha value is -0.910. The van der Waals surface area contributed by atoms with Crippen molar-refractivity contribution in [3.05, 3.63) is 0 Å². The van der Waals surface area contributed by atoms with Crippen molar-refractivity contribution in [3.8, 4) is 0 Å². The number of nitrogens with zero attached hydrogens (tertiary/aromatic N) is 1. The van der Waals surface area contributed by atoms with E-state index >= 15 is 0 Å². The third kappa shape index (κ3) is 4.30. The van der Waals surface area contributed by atoms with Crippen LogP contribution in [0, 0.1) is 5.41 Å². The number of piperidine rings is 1. The first-order valence-electron chi connectivity index (χ1n) is 7.23. The molecule has 0 spiro atoms. The Bertz CT molecular complexity index is 341. The lowest BCUT2D eigenvalue weighted by Crippen LogP contribution is -2.51. The molecule has 0 aromatic rings. The van der Waals surface area contributed by atoms with Crippen LogP contribution in [0.2, 0.25) is 0 Å². The average Bonchev–Trinajstić information content (AvgIpc) is 2.44. The zero-order chi connectivity index (χ0) is 15.2. The quantitative estimate of drug-likeness (QED) is 0.790. The first kappa shape index (κ1) is 17.1. The number of carboxylic acids is 1. The van der Waals surface area contributed by atoms with Crippen LogP contribution in [0.1, 0.15) is 39.5 Å². The molecule has 0 saturated carbocycles. The number of hydrogen-bond donors (Lipinski definition) is 2. The van der Waals surface area contributed by atoms with Crippen molar-refractivity contribution in [3.63, 3.8) is 0 Å². The molecule has 1 fully saturated rings. The van der Waals surface area contributed by atoms with E-state index < -0.39 is 11.4 Å². The minimum atomic E-state index is -0.728. The van der Waals surface area contributed by atoms with Gasteiger partial charge >= 0.3 is 12.0 Å². The molecule has 0 aromatic carbocycles. The van der Waals surface area contributed by atoms with Crippen LogP contribution in [-0.2, 0) is 4.79 Å². The summed E-state index contributed by atoms with van der Waals surface area (Å²) >= 11 is 1.77. The second-order valence-corrected chi connectivity index (χ2v) is 6.54. The number of aliphatic carboxylic acids is 1. The molecule has 5 nitrogen and oxygen atoms in total. The number of likely N-dealkylation sites (tertiary alicyclic amines) is 1. The summed E-state index contributed by atoms with van der Waals surface area (Å²) in [5.41, 5.74) is -0.638. The molecule has 20 heavy (non-hydrogen) atoms. The highest BCUT2D eigenvalue weighted by Gasteiger charge is 2.40. The minimum Gasteiger partial charge on any atom is -0.481 e. The fourth-order valence-electron chi connectivity index (χ4n) is 2.53. The van der Waals surface area contributed by atoms with Gasteiger partial charge in [-0.05, 0) is 44.6 Å². The van der Waals surface area contributed by atoms with Crippen LogP contribution in [0.5, 0.6) is 0 Å². The smallest absolute Gasteiger partial charge is 0.317 e. The highest BCUT2D eigenvalue weighted by Crippen LogP contribution is 2.35. The summed E-state index contributed by atoms with van der Waals surface area (Å²) in [6.07, 6.45) is 4.73. The summed E-state index contributed by atoms with van der Waals surface area (Å²) in [6.45, 7) is 4.97. The molecular weight excluding hydrogens is 276 g/mol. The molecule has 1 saturated heterocycles. The SMILES string of the molecule is CCC1(C(=O)O)CCN(C(=O)NC(C)CCSC)CC1. The van der Waals surface area contributed by atoms with Crippen LogP contribution in [0.25, 0.3) is 0 Å². The zero-order valence-corrected chi connectivity index (χ0v) is 13.5. The summed E-state index contributed by atoms with van der Waals surface area (Å²) in [6, 6.07) is 0.0981. The monoisotopic (exact) mass is 302 g/mol. The van der Waals surface area contributed by atoms with E-state index in [2.05, 4.69) is 11.6 Å². The van der Waals surface area contributed by atoms with Gasteiger partial charge in [0.1, 0.15) is 0 Å². The molecule has 1 aliphatic rings. The maximum absolute atomic E-state index is 12.1. The van der Waals surface area contributed by atoms with Gasteiger partial charge in [0.25, 0.3) is 0 Å². The molecule has 1 aliphatic heterocycles. The predicted molar refractivity (Wildman–Crippen MR) is 82.2 cm³/mol. The predicted octanol–water partition coefficient (Wildman–Crippen LogP) is 2.41. The van der Waals surface area contributed by atoms with Gasteiger partial charge in [0.2, 0.25) is 0 Å². The Labute approximate surface area is 125 Å². The number of rotatable bonds is 6. The average molecular weight is 302 g/mol. The van der Waals surface area contributed by atoms with Gasteiger partial charge < -0.3 is 15.3 Å². The van der Waals surface area contributed by atoms with Gasteiger partial charge in [-0.2, -0.15) is 11.8 Å². The van der Waals surface area contributed by atoms with Gasteiger partial charge in [-0.25, -0.2) is 4.79 Å². The lowest BCUT2D eigenvalue weighted by molar-refractivity contribution is -0.151. The Morgan fingerprint density at radius 2 is 2.00 bits per heavy atom. The first-order chi connectivity index (χ1) is 9.45. The van der Waals surface area contributed by atoms with Crippen molar-refractivity contribution in [1.29, 1.82) is 0 Å². The number of urea groups is 1. The van der Waals surface area contributed by atoms with Crippen LogP contribution in [0.4, 0.5) is 4.79 Å². The van der Waals surface area contributed by atoms with Gasteiger partial charge in [0, 0.05) is 19.1 Å². The summed E-state index contributed by atoms with van der Waals surface area (Å²) in [7, 11) is 0. The molecule has 116 valence electrons. The summed E-state index contributed by atoms with van der Waals surface area (Å²) in [5, 5.41) is 12.3. The Morgan fingerprint density at radius 3 is 2.45 bits per heavy atom. The number of carboxylic acid groups (broad SMARTS) is 1. The molecule has 1 atom stereocenters. The normalized spacial score (nSPS) is 19.4. The van der Waals surface area contributed by atoms with Crippen LogP contribution in [0.15, 0.2) is 0 Å². The maximum Gasteiger partial charge on any atom is 0.317 e. The topological polar surface area (TPSA) is 69.6 Å². The molecule has 0 aliphatic carbocycles. The van der Waals surface area contributed by atoms with E-state index in [4.69, 9.17) is 0 Å². The molecular formula is C14H26N2O3S. The van der Waals surface area contributed by atoms with E-state index in [1.54, 1.807) is 16.7 Å². The van der Waals surface area contributed by atoms with Crippen LogP contribution in [0.3, 0.4) is 0 Å². The lowest BCUT2D eigenvalue weighted by atomic mass is 9.76. The number of amides is 2. The van der Waals surface area contributed by atoms with Crippen LogP contribution >= 0.6 is 11.8 Å². The van der Waals surface area contributed by atoms with E-state index in [0.717, 1.165) is 12.2 Å². The fourth-order valence-corrected chi connectivity index (χ4v) is 3.11. The number of carbonyl (C=O) groups is 2. The van der Waals surface area contributed by atoms with Crippen LogP contribution in [-0.4, -0.2) is 53.1 Å². The second-order valence-electron chi connectivity index (χ2n) is 5.56. The van der Waals surface area contributed by atoms with Gasteiger partial charge in [-0.1, -0.05) is 6.92 Å². The molecule has 2 amide bonds. The van der Waals surface area contributed by atoms with Crippen molar-refractivity contribution >= 4 is 23.8 Å². The van der Waals surface area contributed by atoms with Crippen molar-refractivity contribution in [2.24, 2.45) is 5.41 Å². The van der Waals surface area contributed by atoms with Gasteiger partial charge in [-0.15, -0.1) is 0 Å². The van der Waals surface area contributed by atoms with Crippen molar-refractivity contribution in [2.45, 2.75) is 45.6 Å². The number of carbonyl (C=O) groups excluding carboxylic acids is 1. The molecule has 1 heterocycles. The van der Waals surface area contributed by atoms with E-state index in [0.29, 0.717) is 32.4 Å². The summed E-state index contributed by atoms with van der Waals surface area (Å²) in [5.74, 6) is 0.299. The van der Waals surface area contributed by atoms with Gasteiger partial charge in [0.15, 0.2) is 0 Å². The van der Waals surface area contributed by atoms with Crippen LogP contribution < -0.4 is 5.32 Å². The second kappa shape index (κ2) is 7.76. The fraction of sp³-hybridized carbons (Fsp3) is 0.857. The summed E-state index contributed by atoms with van der Waals surface area (Å²) in [4.78, 5) is 25.2. The van der Waals surface area contributed by atoms with Crippen molar-refractivity contribution in [1.82, 2.24) is 10.2 Å². The van der Waals surface area contributed by atoms with Gasteiger partial charge in [0.05, 0.1) is 5.41 Å². The number of hydrogen-bond acceptors (Lipinski definition) is 3. The highest BCUT2D eigenvalue weighted by atomic mass is 32.2. The minimum absolute atomic E-state index is 0.0614. The zero-order valence-electron chi connectivity index (χ0n) is 12.6. The van der Waals surface area contributed by atoms with E-state index in [1.165, 1.54) is 0 Å². The summed E-state index contributed by atoms with van der Waals surface area (Å²) < 4.78 is 0. The number of nitrogens with one attached hydrogen (secondary N) is 1. The Morgan fingerprint density at radius 1 is 1.40 bits per heavy atom. The van der Waals surface area contributed by atoms with Gasteiger partial charge in [-0.3, -0.25) is 4.79 Å². The molecule has 1 rings (SSSR count). The molecule has 0 bridgehead atoms. The van der Waals surface area contributed by atoms with Crippen molar-refractivity contribution in [2.75, 3.05) is 25.1 Å². The molecule has 6 heteroatoms. The van der Waals surface area contributed by atoms with E-state index in [9.17, 15) is 14.7 Å². The largest absolute Gasteiger partial charge is 0.481 e. The highest BCUT2D eigenvalue weighted by molar-refractivity contribution is 7.98. The number of thioether (sulfide) groups is 1. The lowest BCUT2D eigenvalue weighted by Gasteiger charge is -2.38. The Kier molecular flexibility index (Phi) is 6.65. The maximum atomic E-state index is 12.1. The molecule has 0 radical (unpaired) electrons. The Balaban J connectivity index is 2.44. The first-order valence-corrected chi connectivity index (χ1v) is 8.62. The van der Waals surface area contributed by atoms with E-state index in [1.807, 2.05) is 13.8 Å². The molecule has 0 aromatic heterocycles. The molecule has 1 unspecified atom stereocenters. The third-order valence-electron chi connectivity index (χ3n) is 4.26.